The minimum atomic E-state index is -0.819. The normalized spacial score (nSPS) is 14.3. The van der Waals surface area contributed by atoms with Crippen molar-refractivity contribution in [1.82, 2.24) is 0 Å². The topological polar surface area (TPSA) is 46.2 Å². The second-order valence-electron chi connectivity index (χ2n) is 2.59. The van der Waals surface area contributed by atoms with Gasteiger partial charge in [0, 0.05) is 4.47 Å². The van der Waals surface area contributed by atoms with Crippen molar-refractivity contribution in [2.75, 3.05) is 5.32 Å². The zero-order chi connectivity index (χ0) is 9.59. The van der Waals surface area contributed by atoms with Crippen molar-refractivity contribution in [3.63, 3.8) is 0 Å². The van der Waals surface area contributed by atoms with E-state index in [4.69, 9.17) is 0 Å². The molecule has 0 fully saturated rings. The average Bonchev–Trinajstić information content (AvgIpc) is 2.27. The molecule has 1 aromatic rings. The molecule has 0 bridgehead atoms. The van der Waals surface area contributed by atoms with Crippen molar-refractivity contribution in [3.05, 3.63) is 28.0 Å². The SMILES string of the molecule is O=C1Nc2cc(Br)cc(F)c2C1=O. The third-order valence-corrected chi connectivity index (χ3v) is 2.19. The number of rotatable bonds is 0. The van der Waals surface area contributed by atoms with Gasteiger partial charge in [0.2, 0.25) is 0 Å². The standard InChI is InChI=1S/C8H3BrFNO2/c9-3-1-4(10)6-5(2-3)11-8(13)7(6)12/h1-2H,(H,11,12,13). The Morgan fingerprint density at radius 1 is 1.31 bits per heavy atom. The van der Waals surface area contributed by atoms with Crippen molar-refractivity contribution >= 4 is 33.3 Å². The largest absolute Gasteiger partial charge is 0.318 e. The van der Waals surface area contributed by atoms with Crippen LogP contribution in [0.3, 0.4) is 0 Å². The summed E-state index contributed by atoms with van der Waals surface area (Å²) in [6, 6.07) is 2.64. The van der Waals surface area contributed by atoms with Gasteiger partial charge in [-0.1, -0.05) is 15.9 Å². The van der Waals surface area contributed by atoms with Crippen molar-refractivity contribution in [2.45, 2.75) is 0 Å². The summed E-state index contributed by atoms with van der Waals surface area (Å²) in [6.07, 6.45) is 0. The lowest BCUT2D eigenvalue weighted by atomic mass is 10.1. The molecule has 0 radical (unpaired) electrons. The highest BCUT2D eigenvalue weighted by atomic mass is 79.9. The molecule has 1 N–H and O–H groups in total. The lowest BCUT2D eigenvalue weighted by Gasteiger charge is -1.98. The van der Waals surface area contributed by atoms with Gasteiger partial charge in [-0.25, -0.2) is 4.39 Å². The number of ketones is 1. The van der Waals surface area contributed by atoms with Crippen molar-refractivity contribution in [3.8, 4) is 0 Å². The van der Waals surface area contributed by atoms with Gasteiger partial charge in [0.1, 0.15) is 5.82 Å². The number of hydrogen-bond acceptors (Lipinski definition) is 2. The quantitative estimate of drug-likeness (QED) is 0.706. The Morgan fingerprint density at radius 2 is 2.00 bits per heavy atom. The number of carbonyl (C=O) groups is 2. The summed E-state index contributed by atoms with van der Waals surface area (Å²) < 4.78 is 13.6. The molecule has 13 heavy (non-hydrogen) atoms. The number of hydrogen-bond donors (Lipinski definition) is 1. The molecular weight excluding hydrogens is 241 g/mol. The number of nitrogens with one attached hydrogen (secondary N) is 1. The molecule has 0 atom stereocenters. The monoisotopic (exact) mass is 243 g/mol. The first-order valence-electron chi connectivity index (χ1n) is 3.44. The van der Waals surface area contributed by atoms with Gasteiger partial charge >= 0.3 is 0 Å². The highest BCUT2D eigenvalue weighted by Gasteiger charge is 2.31. The van der Waals surface area contributed by atoms with Gasteiger partial charge in [0.05, 0.1) is 11.3 Å². The Labute approximate surface area is 81.1 Å². The fourth-order valence-electron chi connectivity index (χ4n) is 1.20. The lowest BCUT2D eigenvalue weighted by Crippen LogP contribution is -2.12. The molecule has 1 aliphatic rings. The van der Waals surface area contributed by atoms with Crippen LogP contribution in [0.25, 0.3) is 0 Å². The molecule has 1 aliphatic heterocycles. The number of anilines is 1. The smallest absolute Gasteiger partial charge is 0.296 e. The van der Waals surface area contributed by atoms with Crippen LogP contribution in [0, 0.1) is 5.82 Å². The van der Waals surface area contributed by atoms with Gasteiger partial charge in [0.15, 0.2) is 0 Å². The van der Waals surface area contributed by atoms with Gasteiger partial charge in [-0.3, -0.25) is 9.59 Å². The highest BCUT2D eigenvalue weighted by molar-refractivity contribution is 9.10. The molecule has 3 nitrogen and oxygen atoms in total. The molecule has 0 aromatic heterocycles. The lowest BCUT2D eigenvalue weighted by molar-refractivity contribution is -0.112. The molecule has 5 heteroatoms. The first kappa shape index (κ1) is 8.37. The van der Waals surface area contributed by atoms with Crippen molar-refractivity contribution in [1.29, 1.82) is 0 Å². The van der Waals surface area contributed by atoms with Crippen LogP contribution in [-0.4, -0.2) is 11.7 Å². The number of benzene rings is 1. The van der Waals surface area contributed by atoms with Crippen LogP contribution in [0.4, 0.5) is 10.1 Å². The van der Waals surface area contributed by atoms with E-state index in [0.29, 0.717) is 4.47 Å². The van der Waals surface area contributed by atoms with Crippen molar-refractivity contribution < 1.29 is 14.0 Å². The minimum Gasteiger partial charge on any atom is -0.318 e. The molecule has 1 aromatic carbocycles. The summed E-state index contributed by atoms with van der Waals surface area (Å²) in [7, 11) is 0. The van der Waals surface area contributed by atoms with Crippen LogP contribution in [0.15, 0.2) is 16.6 Å². The van der Waals surface area contributed by atoms with Crippen LogP contribution in [0.1, 0.15) is 10.4 Å². The first-order valence-corrected chi connectivity index (χ1v) is 4.23. The summed E-state index contributed by atoms with van der Waals surface area (Å²) in [5.41, 5.74) is 0.0510. The Morgan fingerprint density at radius 3 is 2.69 bits per heavy atom. The van der Waals surface area contributed by atoms with Gasteiger partial charge in [0.25, 0.3) is 11.7 Å². The third kappa shape index (κ3) is 1.16. The Hall–Kier alpha value is -1.23. The van der Waals surface area contributed by atoms with Crippen molar-refractivity contribution in [2.24, 2.45) is 0 Å². The molecule has 0 saturated heterocycles. The number of carbonyl (C=O) groups excluding carboxylic acids is 2. The molecule has 0 spiro atoms. The van der Waals surface area contributed by atoms with E-state index in [9.17, 15) is 14.0 Å². The Bertz CT molecular complexity index is 430. The van der Waals surface area contributed by atoms with Gasteiger partial charge in [-0.05, 0) is 12.1 Å². The number of halogens is 2. The predicted molar refractivity (Wildman–Crippen MR) is 47.1 cm³/mol. The van der Waals surface area contributed by atoms with Crippen LogP contribution in [-0.2, 0) is 4.79 Å². The predicted octanol–water partition coefficient (Wildman–Crippen LogP) is 1.72. The summed E-state index contributed by atoms with van der Waals surface area (Å²) in [5.74, 6) is -2.29. The van der Waals surface area contributed by atoms with Crippen LogP contribution < -0.4 is 5.32 Å². The van der Waals surface area contributed by atoms with E-state index in [1.54, 1.807) is 0 Å². The number of fused-ring (bicyclic) bond motifs is 1. The third-order valence-electron chi connectivity index (χ3n) is 1.74. The molecule has 66 valence electrons. The minimum absolute atomic E-state index is 0.173. The van der Waals surface area contributed by atoms with E-state index in [0.717, 1.165) is 6.07 Å². The maximum atomic E-state index is 13.1. The zero-order valence-corrected chi connectivity index (χ0v) is 7.81. The van der Waals surface area contributed by atoms with E-state index in [1.807, 2.05) is 0 Å². The fourth-order valence-corrected chi connectivity index (χ4v) is 1.63. The summed E-state index contributed by atoms with van der Waals surface area (Å²) >= 11 is 3.05. The van der Waals surface area contributed by atoms with E-state index in [2.05, 4.69) is 21.2 Å². The second-order valence-corrected chi connectivity index (χ2v) is 3.51. The molecule has 0 saturated carbocycles. The van der Waals surface area contributed by atoms with E-state index >= 15 is 0 Å². The molecule has 0 aliphatic carbocycles. The number of Topliss-reactive ketones (excluding diaryl/α,β-unsaturated/α-hetero) is 1. The fraction of sp³-hybridized carbons (Fsp3) is 0. The zero-order valence-electron chi connectivity index (χ0n) is 6.23. The maximum Gasteiger partial charge on any atom is 0.296 e. The number of amides is 1. The second kappa shape index (κ2) is 2.63. The first-order chi connectivity index (χ1) is 6.09. The van der Waals surface area contributed by atoms with Gasteiger partial charge in [-0.15, -0.1) is 0 Å². The molecule has 1 heterocycles. The maximum absolute atomic E-state index is 13.1. The Kier molecular flexibility index (Phi) is 1.69. The molecule has 2 rings (SSSR count). The van der Waals surface area contributed by atoms with E-state index < -0.39 is 17.5 Å². The summed E-state index contributed by atoms with van der Waals surface area (Å²) in [6.45, 7) is 0. The summed E-state index contributed by atoms with van der Waals surface area (Å²) in [4.78, 5) is 21.9. The van der Waals surface area contributed by atoms with Gasteiger partial charge < -0.3 is 5.32 Å². The van der Waals surface area contributed by atoms with E-state index in [-0.39, 0.29) is 11.3 Å². The van der Waals surface area contributed by atoms with Crippen LogP contribution in [0.5, 0.6) is 0 Å². The average molecular weight is 244 g/mol. The Balaban J connectivity index is 2.71. The molecule has 1 amide bonds. The summed E-state index contributed by atoms with van der Waals surface area (Å²) in [5, 5.41) is 2.27. The van der Waals surface area contributed by atoms with E-state index in [1.165, 1.54) is 6.07 Å². The molecule has 0 unspecified atom stereocenters. The van der Waals surface area contributed by atoms with Gasteiger partial charge in [-0.2, -0.15) is 0 Å². The highest BCUT2D eigenvalue weighted by Crippen LogP contribution is 2.29. The van der Waals surface area contributed by atoms with Crippen LogP contribution >= 0.6 is 15.9 Å². The molecular formula is C8H3BrFNO2. The van der Waals surface area contributed by atoms with Crippen LogP contribution in [0.2, 0.25) is 0 Å².